The average Bonchev–Trinajstić information content (AvgIpc) is 2.98. The number of hydrogen-bond acceptors (Lipinski definition) is 5. The molecule has 2 aliphatic heterocycles. The maximum atomic E-state index is 5.79. The monoisotopic (exact) mass is 239 g/mol. The van der Waals surface area contributed by atoms with Crippen molar-refractivity contribution < 1.29 is 4.74 Å². The molecule has 0 aliphatic carbocycles. The Kier molecular flexibility index (Phi) is 2.69. The van der Waals surface area contributed by atoms with E-state index in [1.807, 2.05) is 0 Å². The summed E-state index contributed by atoms with van der Waals surface area (Å²) in [5, 5.41) is 14.3. The number of nitrogens with one attached hydrogen (secondary N) is 1. The standard InChI is InChI=1S/C11H17N3OS/c1-11(5-3-7-15-11)10-14-13-9(16-10)8-4-2-6-12-8/h8,12H,2-7H2,1H3. The first-order valence-electron chi connectivity index (χ1n) is 5.99. The number of aromatic nitrogens is 2. The van der Waals surface area contributed by atoms with Crippen LogP contribution in [-0.4, -0.2) is 23.3 Å². The first-order chi connectivity index (χ1) is 7.78. The summed E-state index contributed by atoms with van der Waals surface area (Å²) < 4.78 is 5.79. The minimum Gasteiger partial charge on any atom is -0.368 e. The molecule has 2 atom stereocenters. The lowest BCUT2D eigenvalue weighted by molar-refractivity contribution is 0.0161. The fraction of sp³-hybridized carbons (Fsp3) is 0.818. The van der Waals surface area contributed by atoms with Gasteiger partial charge in [0, 0.05) is 6.61 Å². The maximum absolute atomic E-state index is 5.79. The van der Waals surface area contributed by atoms with Crippen molar-refractivity contribution in [3.8, 4) is 0 Å². The van der Waals surface area contributed by atoms with Crippen molar-refractivity contribution in [2.75, 3.05) is 13.2 Å². The van der Waals surface area contributed by atoms with Gasteiger partial charge < -0.3 is 10.1 Å². The Morgan fingerprint density at radius 2 is 2.38 bits per heavy atom. The van der Waals surface area contributed by atoms with Crippen LogP contribution >= 0.6 is 11.3 Å². The normalized spacial score (nSPS) is 34.7. The van der Waals surface area contributed by atoms with Crippen LogP contribution in [0.2, 0.25) is 0 Å². The van der Waals surface area contributed by atoms with Gasteiger partial charge in [-0.15, -0.1) is 10.2 Å². The van der Waals surface area contributed by atoms with Gasteiger partial charge in [-0.25, -0.2) is 0 Å². The molecule has 1 aromatic heterocycles. The summed E-state index contributed by atoms with van der Waals surface area (Å²) in [5.74, 6) is 0. The van der Waals surface area contributed by atoms with E-state index in [0.29, 0.717) is 6.04 Å². The van der Waals surface area contributed by atoms with E-state index in [2.05, 4.69) is 22.4 Å². The molecule has 2 aliphatic rings. The van der Waals surface area contributed by atoms with Crippen molar-refractivity contribution in [2.24, 2.45) is 0 Å². The van der Waals surface area contributed by atoms with Crippen LogP contribution < -0.4 is 5.32 Å². The highest BCUT2D eigenvalue weighted by Crippen LogP contribution is 2.38. The molecule has 0 radical (unpaired) electrons. The van der Waals surface area contributed by atoms with E-state index >= 15 is 0 Å². The fourth-order valence-corrected chi connectivity index (χ4v) is 3.51. The van der Waals surface area contributed by atoms with Crippen LogP contribution in [0.25, 0.3) is 0 Å². The Morgan fingerprint density at radius 1 is 1.44 bits per heavy atom. The van der Waals surface area contributed by atoms with Gasteiger partial charge in [-0.1, -0.05) is 11.3 Å². The van der Waals surface area contributed by atoms with Crippen molar-refractivity contribution in [3.63, 3.8) is 0 Å². The lowest BCUT2D eigenvalue weighted by atomic mass is 10.0. The van der Waals surface area contributed by atoms with Crippen LogP contribution in [0.4, 0.5) is 0 Å². The average molecular weight is 239 g/mol. The Balaban J connectivity index is 1.81. The molecule has 0 aromatic carbocycles. The minimum absolute atomic E-state index is 0.172. The Bertz CT molecular complexity index is 367. The minimum atomic E-state index is -0.172. The molecule has 2 saturated heterocycles. The summed E-state index contributed by atoms with van der Waals surface area (Å²) in [6.07, 6.45) is 4.63. The molecule has 88 valence electrons. The molecule has 0 saturated carbocycles. The summed E-state index contributed by atoms with van der Waals surface area (Å²) >= 11 is 1.72. The summed E-state index contributed by atoms with van der Waals surface area (Å²) in [6, 6.07) is 0.427. The molecule has 0 amide bonds. The summed E-state index contributed by atoms with van der Waals surface area (Å²) in [5.41, 5.74) is -0.172. The second kappa shape index (κ2) is 4.05. The third-order valence-corrected chi connectivity index (χ3v) is 4.75. The fourth-order valence-electron chi connectivity index (χ4n) is 2.43. The molecule has 3 rings (SSSR count). The largest absolute Gasteiger partial charge is 0.368 e. The Labute approximate surface area is 99.4 Å². The Morgan fingerprint density at radius 3 is 3.06 bits per heavy atom. The maximum Gasteiger partial charge on any atom is 0.149 e. The zero-order valence-electron chi connectivity index (χ0n) is 9.53. The van der Waals surface area contributed by atoms with Crippen LogP contribution in [0.3, 0.4) is 0 Å². The van der Waals surface area contributed by atoms with Gasteiger partial charge >= 0.3 is 0 Å². The molecule has 5 heteroatoms. The van der Waals surface area contributed by atoms with E-state index in [4.69, 9.17) is 4.74 Å². The third-order valence-electron chi connectivity index (χ3n) is 3.47. The van der Waals surface area contributed by atoms with Gasteiger partial charge in [0.15, 0.2) is 0 Å². The molecule has 2 fully saturated rings. The zero-order valence-corrected chi connectivity index (χ0v) is 10.3. The molecule has 4 nitrogen and oxygen atoms in total. The highest BCUT2D eigenvalue weighted by atomic mass is 32.1. The molecule has 16 heavy (non-hydrogen) atoms. The molecule has 2 unspecified atom stereocenters. The highest BCUT2D eigenvalue weighted by Gasteiger charge is 2.36. The third kappa shape index (κ3) is 1.77. The van der Waals surface area contributed by atoms with Crippen molar-refractivity contribution in [2.45, 2.75) is 44.2 Å². The van der Waals surface area contributed by atoms with Gasteiger partial charge in [-0.05, 0) is 39.2 Å². The second-order valence-electron chi connectivity index (χ2n) is 4.78. The lowest BCUT2D eigenvalue weighted by Gasteiger charge is -2.18. The lowest BCUT2D eigenvalue weighted by Crippen LogP contribution is -2.19. The first-order valence-corrected chi connectivity index (χ1v) is 6.81. The van der Waals surface area contributed by atoms with Crippen LogP contribution in [0.5, 0.6) is 0 Å². The van der Waals surface area contributed by atoms with E-state index in [1.54, 1.807) is 11.3 Å². The van der Waals surface area contributed by atoms with Gasteiger partial charge in [0.1, 0.15) is 15.6 Å². The number of ether oxygens (including phenoxy) is 1. The SMILES string of the molecule is CC1(c2nnc(C3CCCN3)s2)CCCO1. The van der Waals surface area contributed by atoms with Crippen LogP contribution in [0.1, 0.15) is 48.7 Å². The molecular weight excluding hydrogens is 222 g/mol. The molecule has 1 aromatic rings. The van der Waals surface area contributed by atoms with Gasteiger partial charge in [-0.2, -0.15) is 0 Å². The van der Waals surface area contributed by atoms with Crippen molar-refractivity contribution in [1.82, 2.24) is 15.5 Å². The first kappa shape index (κ1) is 10.6. The summed E-state index contributed by atoms with van der Waals surface area (Å²) in [6.45, 7) is 4.09. The number of hydrogen-bond donors (Lipinski definition) is 1. The number of nitrogens with zero attached hydrogens (tertiary/aromatic N) is 2. The van der Waals surface area contributed by atoms with Crippen molar-refractivity contribution in [3.05, 3.63) is 10.0 Å². The molecule has 1 N–H and O–H groups in total. The van der Waals surface area contributed by atoms with Crippen LogP contribution in [-0.2, 0) is 10.3 Å². The summed E-state index contributed by atoms with van der Waals surface area (Å²) in [7, 11) is 0. The second-order valence-corrected chi connectivity index (χ2v) is 5.79. The van der Waals surface area contributed by atoms with E-state index in [0.717, 1.165) is 36.0 Å². The van der Waals surface area contributed by atoms with E-state index in [-0.39, 0.29) is 5.60 Å². The van der Waals surface area contributed by atoms with E-state index in [1.165, 1.54) is 12.8 Å². The van der Waals surface area contributed by atoms with E-state index in [9.17, 15) is 0 Å². The molecule has 0 spiro atoms. The summed E-state index contributed by atoms with van der Waals surface area (Å²) in [4.78, 5) is 0. The van der Waals surface area contributed by atoms with E-state index < -0.39 is 0 Å². The predicted octanol–water partition coefficient (Wildman–Crippen LogP) is 1.99. The predicted molar refractivity (Wildman–Crippen MR) is 62.4 cm³/mol. The van der Waals surface area contributed by atoms with Gasteiger partial charge in [0.05, 0.1) is 6.04 Å². The van der Waals surface area contributed by atoms with Gasteiger partial charge in [0.25, 0.3) is 0 Å². The van der Waals surface area contributed by atoms with Crippen LogP contribution in [0.15, 0.2) is 0 Å². The van der Waals surface area contributed by atoms with Gasteiger partial charge in [-0.3, -0.25) is 0 Å². The van der Waals surface area contributed by atoms with Crippen LogP contribution in [0, 0.1) is 0 Å². The highest BCUT2D eigenvalue weighted by molar-refractivity contribution is 7.11. The number of rotatable bonds is 2. The zero-order chi connectivity index (χ0) is 11.0. The molecular formula is C11H17N3OS. The quantitative estimate of drug-likeness (QED) is 0.857. The molecule has 0 bridgehead atoms. The van der Waals surface area contributed by atoms with Crippen molar-refractivity contribution in [1.29, 1.82) is 0 Å². The topological polar surface area (TPSA) is 47.0 Å². The Hall–Kier alpha value is -0.520. The van der Waals surface area contributed by atoms with Gasteiger partial charge in [0.2, 0.25) is 0 Å². The smallest absolute Gasteiger partial charge is 0.149 e. The van der Waals surface area contributed by atoms with Crippen molar-refractivity contribution >= 4 is 11.3 Å². The molecule has 3 heterocycles.